The third-order valence-electron chi connectivity index (χ3n) is 7.37. The van der Waals surface area contributed by atoms with Crippen molar-refractivity contribution in [1.29, 1.82) is 0 Å². The summed E-state index contributed by atoms with van der Waals surface area (Å²) in [5.74, 6) is 1.96. The molecule has 1 saturated heterocycles. The van der Waals surface area contributed by atoms with Gasteiger partial charge in [-0.25, -0.2) is 9.97 Å². The van der Waals surface area contributed by atoms with E-state index in [1.165, 1.54) is 47.2 Å². The molecule has 0 radical (unpaired) electrons. The lowest BCUT2D eigenvalue weighted by atomic mass is 10.1. The molecule has 3 heterocycles. The summed E-state index contributed by atoms with van der Waals surface area (Å²) in [4.78, 5) is 40.5. The van der Waals surface area contributed by atoms with Gasteiger partial charge in [-0.2, -0.15) is 0 Å². The summed E-state index contributed by atoms with van der Waals surface area (Å²) in [6.07, 6.45) is 6.84. The Bertz CT molecular complexity index is 1320. The number of hydrogen-bond acceptors (Lipinski definition) is 7. The Labute approximate surface area is 219 Å². The van der Waals surface area contributed by atoms with Crippen LogP contribution in [0.3, 0.4) is 0 Å². The van der Waals surface area contributed by atoms with Crippen molar-refractivity contribution >= 4 is 50.6 Å². The van der Waals surface area contributed by atoms with Crippen molar-refractivity contribution in [3.05, 3.63) is 55.2 Å². The molecule has 1 fully saturated rings. The first-order chi connectivity index (χ1) is 17.4. The van der Waals surface area contributed by atoms with Crippen molar-refractivity contribution in [2.75, 3.05) is 31.1 Å². The molecule has 2 aromatic heterocycles. The SMILES string of the molecule is CC[C@H](C)c1nc(N2CCN(C(=O)c3ccc(Cl)c([N+](=O)[O-])c3)CC2)c2c3c(sc2n1)CCCCC3. The maximum absolute atomic E-state index is 13.1. The quantitative estimate of drug-likeness (QED) is 0.229. The van der Waals surface area contributed by atoms with E-state index in [4.69, 9.17) is 21.6 Å². The maximum atomic E-state index is 13.1. The molecular weight excluding hydrogens is 498 g/mol. The summed E-state index contributed by atoms with van der Waals surface area (Å²) in [7, 11) is 0. The molecule has 36 heavy (non-hydrogen) atoms. The Morgan fingerprint density at radius 3 is 2.64 bits per heavy atom. The monoisotopic (exact) mass is 527 g/mol. The number of anilines is 1. The number of carbonyl (C=O) groups excluding carboxylic acids is 1. The van der Waals surface area contributed by atoms with Crippen molar-refractivity contribution in [1.82, 2.24) is 14.9 Å². The van der Waals surface area contributed by atoms with Gasteiger partial charge in [0.25, 0.3) is 11.6 Å². The van der Waals surface area contributed by atoms with Crippen LogP contribution in [0.15, 0.2) is 18.2 Å². The number of thiophene rings is 1. The summed E-state index contributed by atoms with van der Waals surface area (Å²) >= 11 is 7.76. The Morgan fingerprint density at radius 2 is 1.92 bits per heavy atom. The smallest absolute Gasteiger partial charge is 0.288 e. The van der Waals surface area contributed by atoms with E-state index in [1.54, 1.807) is 11.0 Å². The minimum absolute atomic E-state index is 0.0288. The van der Waals surface area contributed by atoms with Crippen LogP contribution in [0, 0.1) is 10.1 Å². The molecule has 1 aliphatic carbocycles. The van der Waals surface area contributed by atoms with Gasteiger partial charge in [0.1, 0.15) is 21.5 Å². The summed E-state index contributed by atoms with van der Waals surface area (Å²) < 4.78 is 0. The number of halogens is 1. The Kier molecular flexibility index (Phi) is 7.12. The molecule has 0 saturated carbocycles. The fraction of sp³-hybridized carbons (Fsp3) is 0.500. The summed E-state index contributed by atoms with van der Waals surface area (Å²) in [6, 6.07) is 4.24. The minimum Gasteiger partial charge on any atom is -0.352 e. The van der Waals surface area contributed by atoms with Crippen LogP contribution in [0.4, 0.5) is 11.5 Å². The number of benzene rings is 1. The average molecular weight is 528 g/mol. The van der Waals surface area contributed by atoms with Crippen molar-refractivity contribution in [2.24, 2.45) is 0 Å². The Balaban J connectivity index is 1.43. The predicted octanol–water partition coefficient (Wildman–Crippen LogP) is 6.00. The number of aromatic nitrogens is 2. The molecule has 10 heteroatoms. The average Bonchev–Trinajstić information content (AvgIpc) is 3.08. The van der Waals surface area contributed by atoms with Crippen molar-refractivity contribution in [3.63, 3.8) is 0 Å². The van der Waals surface area contributed by atoms with Gasteiger partial charge in [0.15, 0.2) is 0 Å². The first-order valence-corrected chi connectivity index (χ1v) is 13.9. The molecule has 1 amide bonds. The molecule has 2 aliphatic rings. The molecule has 3 aromatic rings. The summed E-state index contributed by atoms with van der Waals surface area (Å²) in [5, 5.41) is 12.5. The van der Waals surface area contributed by atoms with Crippen LogP contribution >= 0.6 is 22.9 Å². The van der Waals surface area contributed by atoms with Crippen LogP contribution in [0.2, 0.25) is 5.02 Å². The van der Waals surface area contributed by atoms with Crippen LogP contribution in [-0.2, 0) is 12.8 Å². The molecule has 0 unspecified atom stereocenters. The molecule has 0 spiro atoms. The van der Waals surface area contributed by atoms with Gasteiger partial charge >= 0.3 is 0 Å². The zero-order chi connectivity index (χ0) is 25.4. The van der Waals surface area contributed by atoms with Crippen LogP contribution in [0.25, 0.3) is 10.2 Å². The second kappa shape index (κ2) is 10.3. The van der Waals surface area contributed by atoms with Gasteiger partial charge in [-0.1, -0.05) is 31.9 Å². The van der Waals surface area contributed by atoms with Gasteiger partial charge in [-0.15, -0.1) is 11.3 Å². The van der Waals surface area contributed by atoms with Gasteiger partial charge < -0.3 is 9.80 Å². The molecule has 0 N–H and O–H groups in total. The Hall–Kier alpha value is -2.78. The number of nitro benzene ring substituents is 1. The van der Waals surface area contributed by atoms with Crippen LogP contribution in [-0.4, -0.2) is 51.9 Å². The summed E-state index contributed by atoms with van der Waals surface area (Å²) in [5.41, 5.74) is 1.46. The van der Waals surface area contributed by atoms with Crippen LogP contribution < -0.4 is 4.90 Å². The van der Waals surface area contributed by atoms with E-state index in [0.717, 1.165) is 35.7 Å². The van der Waals surface area contributed by atoms with Gasteiger partial charge in [0, 0.05) is 48.6 Å². The normalized spacial score (nSPS) is 17.1. The number of nitrogens with zero attached hydrogens (tertiary/aromatic N) is 5. The number of carbonyl (C=O) groups is 1. The molecule has 8 nitrogen and oxygen atoms in total. The number of nitro groups is 1. The van der Waals surface area contributed by atoms with E-state index in [0.29, 0.717) is 26.2 Å². The lowest BCUT2D eigenvalue weighted by Crippen LogP contribution is -2.49. The number of amides is 1. The number of fused-ring (bicyclic) bond motifs is 3. The summed E-state index contributed by atoms with van der Waals surface area (Å²) in [6.45, 7) is 6.67. The van der Waals surface area contributed by atoms with Gasteiger partial charge in [-0.3, -0.25) is 14.9 Å². The highest BCUT2D eigenvalue weighted by atomic mass is 35.5. The van der Waals surface area contributed by atoms with Gasteiger partial charge in [0.2, 0.25) is 0 Å². The fourth-order valence-electron chi connectivity index (χ4n) is 5.05. The van der Waals surface area contributed by atoms with E-state index >= 15 is 0 Å². The standard InChI is InChI=1S/C26H30ClN5O3S/c1-3-16(2)23-28-24(22-18-7-5-4-6-8-21(18)36-25(22)29-23)30-11-13-31(14-12-30)26(33)17-9-10-19(27)20(15-17)32(34)35/h9-10,15-16H,3-8,11-14H2,1-2H3/t16-/m0/s1. The van der Waals surface area contributed by atoms with Crippen molar-refractivity contribution < 1.29 is 9.72 Å². The maximum Gasteiger partial charge on any atom is 0.288 e. The van der Waals surface area contributed by atoms with Gasteiger partial charge in [0.05, 0.1) is 10.3 Å². The number of piperazine rings is 1. The second-order valence-electron chi connectivity index (χ2n) is 9.66. The van der Waals surface area contributed by atoms with Crippen molar-refractivity contribution in [2.45, 2.75) is 58.3 Å². The van der Waals surface area contributed by atoms with Gasteiger partial charge in [-0.05, 0) is 49.8 Å². The minimum atomic E-state index is -0.559. The Morgan fingerprint density at radius 1 is 1.17 bits per heavy atom. The van der Waals surface area contributed by atoms with Crippen LogP contribution in [0.1, 0.15) is 72.1 Å². The second-order valence-corrected chi connectivity index (χ2v) is 11.2. The molecule has 5 rings (SSSR count). The van der Waals surface area contributed by atoms with E-state index in [2.05, 4.69) is 18.7 Å². The lowest BCUT2D eigenvalue weighted by Gasteiger charge is -2.36. The third-order valence-corrected chi connectivity index (χ3v) is 8.88. The third kappa shape index (κ3) is 4.66. The first-order valence-electron chi connectivity index (χ1n) is 12.7. The van der Waals surface area contributed by atoms with E-state index in [1.807, 2.05) is 11.3 Å². The van der Waals surface area contributed by atoms with E-state index in [-0.39, 0.29) is 28.1 Å². The zero-order valence-electron chi connectivity index (χ0n) is 20.6. The first kappa shape index (κ1) is 24.9. The molecule has 190 valence electrons. The highest BCUT2D eigenvalue weighted by Crippen LogP contribution is 2.40. The lowest BCUT2D eigenvalue weighted by molar-refractivity contribution is -0.384. The van der Waals surface area contributed by atoms with Crippen molar-refractivity contribution in [3.8, 4) is 0 Å². The molecule has 0 bridgehead atoms. The predicted molar refractivity (Wildman–Crippen MR) is 144 cm³/mol. The number of hydrogen-bond donors (Lipinski definition) is 0. The highest BCUT2D eigenvalue weighted by molar-refractivity contribution is 7.19. The zero-order valence-corrected chi connectivity index (χ0v) is 22.2. The molecule has 1 aliphatic heterocycles. The fourth-order valence-corrected chi connectivity index (χ4v) is 6.50. The molecular formula is C26H30ClN5O3S. The molecule has 1 atom stereocenters. The number of aryl methyl sites for hydroxylation is 2. The topological polar surface area (TPSA) is 92.5 Å². The van der Waals surface area contributed by atoms with Crippen LogP contribution in [0.5, 0.6) is 0 Å². The highest BCUT2D eigenvalue weighted by Gasteiger charge is 2.29. The number of rotatable bonds is 5. The molecule has 1 aromatic carbocycles. The van der Waals surface area contributed by atoms with E-state index in [9.17, 15) is 14.9 Å². The largest absolute Gasteiger partial charge is 0.352 e. The van der Waals surface area contributed by atoms with E-state index < -0.39 is 4.92 Å².